The molecule has 5 heteroatoms. The number of hydrogen-bond donors (Lipinski definition) is 0. The third-order valence-electron chi connectivity index (χ3n) is 8.33. The van der Waals surface area contributed by atoms with Crippen molar-refractivity contribution in [1.82, 2.24) is 0 Å². The normalized spacial score (nSPS) is 19.5. The number of fused-ring (bicyclic) bond motifs is 1. The Bertz CT molecular complexity index is 1300. The second-order valence-corrected chi connectivity index (χ2v) is 17.0. The van der Waals surface area contributed by atoms with Crippen LogP contribution in [0.4, 0.5) is 0 Å². The van der Waals surface area contributed by atoms with Crippen LogP contribution in [-0.2, 0) is 31.1 Å². The van der Waals surface area contributed by atoms with Gasteiger partial charge < -0.3 is 29.2 Å². The minimum absolute atomic E-state index is 0. The second-order valence-electron chi connectivity index (χ2n) is 11.1. The third-order valence-corrected chi connectivity index (χ3v) is 14.4. The number of furan rings is 1. The van der Waals surface area contributed by atoms with Crippen LogP contribution < -0.4 is 24.8 Å². The number of rotatable bonds is 6. The van der Waals surface area contributed by atoms with Crippen LogP contribution in [0.1, 0.15) is 83.4 Å². The first-order chi connectivity index (χ1) is 16.8. The summed E-state index contributed by atoms with van der Waals surface area (Å²) in [6.45, 7) is 11.7. The minimum atomic E-state index is -1.04. The van der Waals surface area contributed by atoms with Crippen LogP contribution in [0.25, 0.3) is 22.4 Å². The number of unbranched alkanes of at least 4 members (excludes halogenated alkanes) is 3. The summed E-state index contributed by atoms with van der Waals surface area (Å²) < 4.78 is 5.87. The molecule has 2 bridgehead atoms. The van der Waals surface area contributed by atoms with Crippen LogP contribution in [-0.4, -0.2) is 8.07 Å². The Morgan fingerprint density at radius 2 is 1.59 bits per heavy atom. The van der Waals surface area contributed by atoms with E-state index in [1.54, 1.807) is 35.5 Å². The summed E-state index contributed by atoms with van der Waals surface area (Å²) in [5, 5.41) is 1.66. The van der Waals surface area contributed by atoms with E-state index >= 15 is 0 Å². The zero-order chi connectivity index (χ0) is 24.7. The van der Waals surface area contributed by atoms with E-state index < -0.39 is 8.07 Å². The van der Waals surface area contributed by atoms with Crippen molar-refractivity contribution >= 4 is 19.3 Å². The number of halogens is 2. The van der Waals surface area contributed by atoms with Gasteiger partial charge in [0.15, 0.2) is 0 Å². The Kier molecular flexibility index (Phi) is 10.2. The van der Waals surface area contributed by atoms with Gasteiger partial charge in [-0.1, -0.05) is 32.0 Å². The summed E-state index contributed by atoms with van der Waals surface area (Å²) in [5.74, 6) is 0. The molecule has 0 saturated carbocycles. The van der Waals surface area contributed by atoms with E-state index in [1.807, 2.05) is 12.5 Å². The fourth-order valence-electron chi connectivity index (χ4n) is 6.59. The molecule has 1 nitrogen and oxygen atoms in total. The van der Waals surface area contributed by atoms with Gasteiger partial charge in [-0.15, -0.1) is 0 Å². The van der Waals surface area contributed by atoms with E-state index in [9.17, 15) is 0 Å². The van der Waals surface area contributed by atoms with Crippen molar-refractivity contribution in [2.45, 2.75) is 75.1 Å². The van der Waals surface area contributed by atoms with Crippen LogP contribution in [0.5, 0.6) is 0 Å². The molecule has 1 aromatic heterocycles. The number of benzene rings is 2. The number of allylic oxidation sites excluding steroid dienone is 2. The van der Waals surface area contributed by atoms with E-state index in [0.29, 0.717) is 3.63 Å². The van der Waals surface area contributed by atoms with Gasteiger partial charge in [-0.25, -0.2) is 0 Å². The summed E-state index contributed by atoms with van der Waals surface area (Å²) in [6, 6.07) is 16.0. The van der Waals surface area contributed by atoms with E-state index in [2.05, 4.69) is 82.4 Å². The molecular weight excluding hydrogens is 591 g/mol. The SMILES string of the molecule is CC1=C2c3cocc3C1[Si]2(C)C.CCCCCCc1ccc(-c2cccc3c2C=C(C)[CH]3[Zr+2])cc1.[Cl-].[Cl-]. The molecule has 0 spiro atoms. The predicted molar refractivity (Wildman–Crippen MR) is 148 cm³/mol. The summed E-state index contributed by atoms with van der Waals surface area (Å²) in [7, 11) is -1.04. The molecule has 2 aliphatic carbocycles. The van der Waals surface area contributed by atoms with Crippen LogP contribution >= 0.6 is 0 Å². The number of hydrogen-bond acceptors (Lipinski definition) is 1. The first kappa shape index (κ1) is 30.4. The molecule has 3 heterocycles. The summed E-state index contributed by atoms with van der Waals surface area (Å²) >= 11 is 1.59. The topological polar surface area (TPSA) is 13.1 Å². The van der Waals surface area contributed by atoms with Crippen molar-refractivity contribution in [3.63, 3.8) is 0 Å². The van der Waals surface area contributed by atoms with E-state index in [0.717, 1.165) is 5.54 Å². The zero-order valence-electron chi connectivity index (χ0n) is 22.6. The Morgan fingerprint density at radius 1 is 0.865 bits per heavy atom. The molecule has 3 aromatic rings. The van der Waals surface area contributed by atoms with Crippen molar-refractivity contribution in [3.05, 3.63) is 94.0 Å². The van der Waals surface area contributed by atoms with Gasteiger partial charge in [0.25, 0.3) is 0 Å². The van der Waals surface area contributed by atoms with Crippen LogP contribution in [0.2, 0.25) is 13.1 Å². The number of aryl methyl sites for hydroxylation is 1. The molecule has 0 saturated heterocycles. The second kappa shape index (κ2) is 12.4. The molecule has 193 valence electrons. The fourth-order valence-corrected chi connectivity index (χ4v) is 11.8. The minimum Gasteiger partial charge on any atom is -1.00 e. The quantitative estimate of drug-likeness (QED) is 0.302. The Balaban J connectivity index is 0.000000229. The third kappa shape index (κ3) is 5.49. The van der Waals surface area contributed by atoms with Gasteiger partial charge in [0.05, 0.1) is 20.6 Å². The maximum Gasteiger partial charge on any atom is -1.00 e. The average molecular weight is 628 g/mol. The average Bonchev–Trinajstić information content (AvgIpc) is 3.54. The zero-order valence-corrected chi connectivity index (χ0v) is 27.6. The van der Waals surface area contributed by atoms with Crippen molar-refractivity contribution in [1.29, 1.82) is 0 Å². The molecule has 2 aliphatic heterocycles. The first-order valence-electron chi connectivity index (χ1n) is 13.2. The molecule has 0 amide bonds. The van der Waals surface area contributed by atoms with Gasteiger partial charge in [0.1, 0.15) is 0 Å². The van der Waals surface area contributed by atoms with Crippen molar-refractivity contribution in [2.24, 2.45) is 0 Å². The van der Waals surface area contributed by atoms with Gasteiger partial charge >= 0.3 is 143 Å². The monoisotopic (exact) mass is 625 g/mol. The molecule has 0 radical (unpaired) electrons. The van der Waals surface area contributed by atoms with Gasteiger partial charge in [-0.2, -0.15) is 0 Å². The molecule has 0 fully saturated rings. The van der Waals surface area contributed by atoms with Gasteiger partial charge in [0.2, 0.25) is 0 Å². The largest absolute Gasteiger partial charge is 1.00 e. The van der Waals surface area contributed by atoms with Crippen molar-refractivity contribution in [2.75, 3.05) is 0 Å². The Hall–Kier alpha value is -1.12. The van der Waals surface area contributed by atoms with Gasteiger partial charge in [0, 0.05) is 16.7 Å². The Morgan fingerprint density at radius 3 is 2.24 bits per heavy atom. The van der Waals surface area contributed by atoms with E-state index in [1.165, 1.54) is 76.6 Å². The molecule has 0 N–H and O–H groups in total. The van der Waals surface area contributed by atoms with Crippen LogP contribution in [0.3, 0.4) is 0 Å². The maximum absolute atomic E-state index is 5.22. The van der Waals surface area contributed by atoms with Gasteiger partial charge in [-0.05, 0) is 12.1 Å². The standard InChI is InChI=1S/C22H25.C10H12OSi.2ClH.Zr/c1-3-4-5-6-8-18-11-13-19(14-12-18)21-10-7-9-20-15-17(2)16-22(20)21;1-6-9-7-4-11-5-8(7)10(6)12(9,2)3;;;/h7,9-16H,3-6,8H2,1-2H3;4-5,9H,1-3H3;2*1H;/q;;;;+2/p-2. The fraction of sp³-hybridized carbons (Fsp3) is 0.375. The van der Waals surface area contributed by atoms with Crippen LogP contribution in [0, 0.1) is 0 Å². The molecular formula is C32H37Cl2OSiZr. The Labute approximate surface area is 251 Å². The summed E-state index contributed by atoms with van der Waals surface area (Å²) in [4.78, 5) is 0. The first-order valence-corrected chi connectivity index (χ1v) is 17.7. The maximum atomic E-state index is 5.22. The molecule has 7 rings (SSSR count). The summed E-state index contributed by atoms with van der Waals surface area (Å²) in [5.41, 5.74) is 14.0. The van der Waals surface area contributed by atoms with E-state index in [4.69, 9.17) is 4.42 Å². The molecule has 2 unspecified atom stereocenters. The van der Waals surface area contributed by atoms with Crippen molar-refractivity contribution in [3.8, 4) is 11.1 Å². The van der Waals surface area contributed by atoms with Crippen molar-refractivity contribution < 1.29 is 54.0 Å². The molecule has 2 atom stereocenters. The predicted octanol–water partition coefficient (Wildman–Crippen LogP) is 3.44. The smallest absolute Gasteiger partial charge is 1.00 e. The molecule has 37 heavy (non-hydrogen) atoms. The van der Waals surface area contributed by atoms with Crippen LogP contribution in [0.15, 0.2) is 70.6 Å². The van der Waals surface area contributed by atoms with E-state index in [-0.39, 0.29) is 24.8 Å². The summed E-state index contributed by atoms with van der Waals surface area (Å²) in [6.07, 6.45) is 12.8. The molecule has 4 aliphatic rings. The molecule has 2 aromatic carbocycles. The van der Waals surface area contributed by atoms with Gasteiger partial charge in [-0.3, -0.25) is 0 Å².